The highest BCUT2D eigenvalue weighted by Gasteiger charge is 2.56. The van der Waals surface area contributed by atoms with Crippen LogP contribution >= 0.6 is 0 Å². The lowest BCUT2D eigenvalue weighted by Crippen LogP contribution is -2.41. The van der Waals surface area contributed by atoms with Crippen LogP contribution in [0.5, 0.6) is 0 Å². The number of ether oxygens (including phenoxy) is 2. The van der Waals surface area contributed by atoms with Crippen LogP contribution in [-0.4, -0.2) is 35.5 Å². The van der Waals surface area contributed by atoms with Crippen LogP contribution in [-0.2, 0) is 14.3 Å². The van der Waals surface area contributed by atoms with E-state index >= 15 is 0 Å². The topological polar surface area (TPSA) is 59.1 Å². The average Bonchev–Trinajstić information content (AvgIpc) is 3.01. The molecule has 1 heterocycles. The summed E-state index contributed by atoms with van der Waals surface area (Å²) >= 11 is 0. The first kappa shape index (κ1) is 12.2. The number of fused-ring (bicyclic) bond motifs is 4. The molecule has 4 aliphatic rings. The summed E-state index contributed by atoms with van der Waals surface area (Å²) in [5, 5.41) is 10.2. The highest BCUT2D eigenvalue weighted by Crippen LogP contribution is 2.58. The number of carbonyl (C=O) groups is 1. The van der Waals surface area contributed by atoms with Crippen LogP contribution in [0.1, 0.15) is 39.0 Å². The van der Waals surface area contributed by atoms with E-state index in [1.54, 1.807) is 0 Å². The second-order valence-electron chi connectivity index (χ2n) is 6.95. The van der Waals surface area contributed by atoms with Gasteiger partial charge in [-0.15, -0.1) is 0 Å². The Kier molecular flexibility index (Phi) is 2.68. The summed E-state index contributed by atoms with van der Waals surface area (Å²) in [4.78, 5) is 11.1. The standard InChI is InChI=1S/C15H22O4/c1-7(16)18-13-5-10-8(3-12(13)17)2-9-4-14-15(19-14)6-11(9)10/h8-15,17H,2-6H2,1H3. The van der Waals surface area contributed by atoms with Gasteiger partial charge in [0.25, 0.3) is 0 Å². The maximum absolute atomic E-state index is 11.1. The Morgan fingerprint density at radius 2 is 1.74 bits per heavy atom. The quantitative estimate of drug-likeness (QED) is 0.577. The highest BCUT2D eigenvalue weighted by atomic mass is 16.6. The van der Waals surface area contributed by atoms with E-state index < -0.39 is 6.10 Å². The smallest absolute Gasteiger partial charge is 0.302 e. The van der Waals surface area contributed by atoms with Gasteiger partial charge in [-0.05, 0) is 55.8 Å². The van der Waals surface area contributed by atoms with Crippen molar-refractivity contribution in [2.24, 2.45) is 23.7 Å². The summed E-state index contributed by atoms with van der Waals surface area (Å²) in [6.07, 6.45) is 5.62. The van der Waals surface area contributed by atoms with E-state index in [0.717, 1.165) is 24.7 Å². The Morgan fingerprint density at radius 1 is 1.05 bits per heavy atom. The molecule has 4 heteroatoms. The number of epoxide rings is 1. The lowest BCUT2D eigenvalue weighted by Gasteiger charge is -2.38. The molecule has 19 heavy (non-hydrogen) atoms. The van der Waals surface area contributed by atoms with E-state index in [4.69, 9.17) is 9.47 Å². The van der Waals surface area contributed by atoms with Crippen molar-refractivity contribution >= 4 is 5.97 Å². The van der Waals surface area contributed by atoms with Crippen molar-refractivity contribution in [1.29, 1.82) is 0 Å². The molecule has 0 radical (unpaired) electrons. The fraction of sp³-hybridized carbons (Fsp3) is 0.933. The first-order valence-electron chi connectivity index (χ1n) is 7.62. The fourth-order valence-corrected chi connectivity index (χ4v) is 5.10. The normalized spacial score (nSPS) is 54.8. The van der Waals surface area contributed by atoms with Gasteiger partial charge in [0, 0.05) is 6.92 Å². The van der Waals surface area contributed by atoms with Crippen molar-refractivity contribution in [2.45, 2.75) is 63.4 Å². The van der Waals surface area contributed by atoms with Crippen LogP contribution in [0.15, 0.2) is 0 Å². The third-order valence-electron chi connectivity index (χ3n) is 5.89. The number of aliphatic hydroxyl groups excluding tert-OH is 1. The number of aliphatic hydroxyl groups is 1. The molecule has 1 aliphatic heterocycles. The number of carbonyl (C=O) groups excluding carboxylic acids is 1. The third-order valence-corrected chi connectivity index (χ3v) is 5.89. The van der Waals surface area contributed by atoms with E-state index in [0.29, 0.717) is 24.0 Å². The second-order valence-corrected chi connectivity index (χ2v) is 6.95. The minimum atomic E-state index is -0.462. The molecule has 3 saturated carbocycles. The molecule has 0 aromatic carbocycles. The predicted octanol–water partition coefficient (Wildman–Crippen LogP) is 1.50. The van der Waals surface area contributed by atoms with E-state index in [9.17, 15) is 9.90 Å². The Bertz CT molecular complexity index is 396. The van der Waals surface area contributed by atoms with Crippen molar-refractivity contribution < 1.29 is 19.4 Å². The third kappa shape index (κ3) is 2.00. The summed E-state index contributed by atoms with van der Waals surface area (Å²) in [5.74, 6) is 2.50. The summed E-state index contributed by atoms with van der Waals surface area (Å²) in [6.45, 7) is 1.43. The molecular formula is C15H22O4. The largest absolute Gasteiger partial charge is 0.460 e. The highest BCUT2D eigenvalue weighted by molar-refractivity contribution is 5.66. The van der Waals surface area contributed by atoms with Gasteiger partial charge >= 0.3 is 5.97 Å². The molecule has 1 saturated heterocycles. The Morgan fingerprint density at radius 3 is 2.53 bits per heavy atom. The van der Waals surface area contributed by atoms with Gasteiger partial charge in [-0.25, -0.2) is 0 Å². The molecule has 8 atom stereocenters. The average molecular weight is 266 g/mol. The maximum atomic E-state index is 11.1. The molecule has 0 aromatic heterocycles. The zero-order chi connectivity index (χ0) is 13.1. The van der Waals surface area contributed by atoms with Crippen molar-refractivity contribution in [1.82, 2.24) is 0 Å². The van der Waals surface area contributed by atoms with E-state index in [2.05, 4.69) is 0 Å². The zero-order valence-electron chi connectivity index (χ0n) is 11.3. The number of rotatable bonds is 1. The van der Waals surface area contributed by atoms with E-state index in [1.807, 2.05) is 0 Å². The fourth-order valence-electron chi connectivity index (χ4n) is 5.10. The lowest BCUT2D eigenvalue weighted by molar-refractivity contribution is -0.158. The lowest BCUT2D eigenvalue weighted by atomic mass is 9.72. The van der Waals surface area contributed by atoms with Crippen LogP contribution in [0.4, 0.5) is 0 Å². The van der Waals surface area contributed by atoms with Crippen LogP contribution in [0.25, 0.3) is 0 Å². The van der Waals surface area contributed by atoms with Gasteiger partial charge in [0.2, 0.25) is 0 Å². The molecule has 1 N–H and O–H groups in total. The van der Waals surface area contributed by atoms with Gasteiger partial charge in [-0.3, -0.25) is 4.79 Å². The van der Waals surface area contributed by atoms with Gasteiger partial charge < -0.3 is 14.6 Å². The van der Waals surface area contributed by atoms with Gasteiger partial charge in [-0.2, -0.15) is 0 Å². The molecule has 4 fully saturated rings. The van der Waals surface area contributed by atoms with Crippen molar-refractivity contribution in [3.63, 3.8) is 0 Å². The molecule has 0 amide bonds. The molecule has 0 bridgehead atoms. The van der Waals surface area contributed by atoms with E-state index in [-0.39, 0.29) is 12.1 Å². The summed E-state index contributed by atoms with van der Waals surface area (Å²) in [7, 11) is 0. The van der Waals surface area contributed by atoms with Crippen molar-refractivity contribution in [3.8, 4) is 0 Å². The minimum Gasteiger partial charge on any atom is -0.460 e. The maximum Gasteiger partial charge on any atom is 0.302 e. The molecule has 8 unspecified atom stereocenters. The molecule has 4 rings (SSSR count). The van der Waals surface area contributed by atoms with Crippen molar-refractivity contribution in [2.75, 3.05) is 0 Å². The van der Waals surface area contributed by atoms with Gasteiger partial charge in [-0.1, -0.05) is 0 Å². The summed E-state index contributed by atoms with van der Waals surface area (Å²) in [6, 6.07) is 0. The number of esters is 1. The zero-order valence-corrected chi connectivity index (χ0v) is 11.3. The first-order valence-corrected chi connectivity index (χ1v) is 7.62. The van der Waals surface area contributed by atoms with Gasteiger partial charge in [0.05, 0.1) is 18.3 Å². The number of hydrogen-bond acceptors (Lipinski definition) is 4. The summed E-state index contributed by atoms with van der Waals surface area (Å²) in [5.41, 5.74) is 0. The first-order chi connectivity index (χ1) is 9.11. The molecule has 0 aromatic rings. The Balaban J connectivity index is 1.49. The van der Waals surface area contributed by atoms with Crippen LogP contribution in [0.3, 0.4) is 0 Å². The molecular weight excluding hydrogens is 244 g/mol. The molecule has 106 valence electrons. The summed E-state index contributed by atoms with van der Waals surface area (Å²) < 4.78 is 11.0. The van der Waals surface area contributed by atoms with Gasteiger partial charge in [0.15, 0.2) is 0 Å². The van der Waals surface area contributed by atoms with Crippen molar-refractivity contribution in [3.05, 3.63) is 0 Å². The molecule has 3 aliphatic carbocycles. The predicted molar refractivity (Wildman–Crippen MR) is 67.3 cm³/mol. The second kappa shape index (κ2) is 4.19. The minimum absolute atomic E-state index is 0.272. The molecule has 4 nitrogen and oxygen atoms in total. The Hall–Kier alpha value is -0.610. The SMILES string of the molecule is CC(=O)OC1CC2C(CC1O)CC1CC3OC3CC12. The van der Waals surface area contributed by atoms with Crippen LogP contribution in [0, 0.1) is 23.7 Å². The Labute approximate surface area is 113 Å². The molecule has 0 spiro atoms. The monoisotopic (exact) mass is 266 g/mol. The van der Waals surface area contributed by atoms with Crippen LogP contribution in [0.2, 0.25) is 0 Å². The van der Waals surface area contributed by atoms with E-state index in [1.165, 1.54) is 26.2 Å². The van der Waals surface area contributed by atoms with Gasteiger partial charge in [0.1, 0.15) is 6.10 Å². The number of hydrogen-bond donors (Lipinski definition) is 1. The van der Waals surface area contributed by atoms with Crippen LogP contribution < -0.4 is 0 Å².